The highest BCUT2D eigenvalue weighted by Crippen LogP contribution is 2.39. The van der Waals surface area contributed by atoms with Crippen LogP contribution in [0.3, 0.4) is 0 Å². The molecule has 124 valence electrons. The molecule has 0 atom stereocenters. The fourth-order valence-electron chi connectivity index (χ4n) is 2.39. The number of alkyl halides is 6. The quantitative estimate of drug-likeness (QED) is 0.499. The molecule has 0 saturated heterocycles. The van der Waals surface area contributed by atoms with E-state index < -0.39 is 29.2 Å². The van der Waals surface area contributed by atoms with E-state index in [1.165, 1.54) is 18.2 Å². The van der Waals surface area contributed by atoms with Crippen molar-refractivity contribution in [2.75, 3.05) is 0 Å². The monoisotopic (exact) mass is 341 g/mol. The minimum absolute atomic E-state index is 0.233. The average molecular weight is 341 g/mol. The number of fused-ring (bicyclic) bond motifs is 1. The van der Waals surface area contributed by atoms with Gasteiger partial charge in [0, 0.05) is 10.9 Å². The van der Waals surface area contributed by atoms with Crippen molar-refractivity contribution in [1.82, 2.24) is 4.98 Å². The molecular weight excluding hydrogens is 332 g/mol. The largest absolute Gasteiger partial charge is 0.418 e. The van der Waals surface area contributed by atoms with Crippen LogP contribution < -0.4 is 0 Å². The van der Waals surface area contributed by atoms with Crippen molar-refractivity contribution in [2.24, 2.45) is 0 Å². The molecule has 7 heteroatoms. The summed E-state index contributed by atoms with van der Waals surface area (Å²) < 4.78 is 78.5. The third kappa shape index (κ3) is 3.06. The second-order valence-electron chi connectivity index (χ2n) is 5.15. The van der Waals surface area contributed by atoms with E-state index in [2.05, 4.69) is 4.98 Å². The second kappa shape index (κ2) is 5.51. The molecule has 0 radical (unpaired) electrons. The molecule has 0 N–H and O–H groups in total. The zero-order valence-corrected chi connectivity index (χ0v) is 11.9. The van der Waals surface area contributed by atoms with E-state index in [-0.39, 0.29) is 16.5 Å². The summed E-state index contributed by atoms with van der Waals surface area (Å²) in [5.74, 6) is 0. The Kier molecular flexibility index (Phi) is 3.74. The highest BCUT2D eigenvalue weighted by atomic mass is 19.4. The number of hydrogen-bond donors (Lipinski definition) is 0. The van der Waals surface area contributed by atoms with Crippen molar-refractivity contribution in [3.8, 4) is 11.3 Å². The first-order valence-corrected chi connectivity index (χ1v) is 6.81. The van der Waals surface area contributed by atoms with Crippen molar-refractivity contribution < 1.29 is 26.3 Å². The molecule has 1 nitrogen and oxygen atoms in total. The maximum absolute atomic E-state index is 13.3. The van der Waals surface area contributed by atoms with Crippen LogP contribution >= 0.6 is 0 Å². The molecule has 1 heterocycles. The summed E-state index contributed by atoms with van der Waals surface area (Å²) in [6.45, 7) is 0. The standard InChI is InChI=1S/C17H9F6N/c18-16(19,20)12-6-3-5-11(8-12)15-13(17(21,22)23)9-10-4-1-2-7-14(10)24-15/h1-9H. The van der Waals surface area contributed by atoms with Crippen LogP contribution in [-0.2, 0) is 12.4 Å². The van der Waals surface area contributed by atoms with Gasteiger partial charge in [-0.3, -0.25) is 0 Å². The molecule has 2 aromatic carbocycles. The highest BCUT2D eigenvalue weighted by Gasteiger charge is 2.36. The van der Waals surface area contributed by atoms with Crippen LogP contribution in [-0.4, -0.2) is 4.98 Å². The van der Waals surface area contributed by atoms with Crippen LogP contribution in [0.4, 0.5) is 26.3 Å². The Morgan fingerprint density at radius 1 is 0.708 bits per heavy atom. The van der Waals surface area contributed by atoms with Crippen molar-refractivity contribution in [2.45, 2.75) is 12.4 Å². The maximum Gasteiger partial charge on any atom is 0.418 e. The predicted octanol–water partition coefficient (Wildman–Crippen LogP) is 5.94. The van der Waals surface area contributed by atoms with Crippen LogP contribution in [0.15, 0.2) is 54.6 Å². The number of rotatable bonds is 1. The van der Waals surface area contributed by atoms with Crippen molar-refractivity contribution in [3.05, 3.63) is 65.7 Å². The van der Waals surface area contributed by atoms with Gasteiger partial charge in [0.1, 0.15) is 0 Å². The first kappa shape index (κ1) is 16.3. The van der Waals surface area contributed by atoms with Gasteiger partial charge in [-0.2, -0.15) is 26.3 Å². The minimum atomic E-state index is -4.74. The summed E-state index contributed by atoms with van der Waals surface area (Å²) in [5.41, 5.74) is -2.57. The predicted molar refractivity (Wildman–Crippen MR) is 77.2 cm³/mol. The van der Waals surface area contributed by atoms with Crippen LogP contribution in [0, 0.1) is 0 Å². The molecule has 1 aromatic heterocycles. The van der Waals surface area contributed by atoms with Crippen LogP contribution in [0.25, 0.3) is 22.2 Å². The van der Waals surface area contributed by atoms with E-state index in [4.69, 9.17) is 0 Å². The Labute approximate surface area is 132 Å². The Balaban J connectivity index is 2.28. The van der Waals surface area contributed by atoms with Crippen molar-refractivity contribution in [1.29, 1.82) is 0 Å². The first-order valence-electron chi connectivity index (χ1n) is 6.81. The summed E-state index contributed by atoms with van der Waals surface area (Å²) in [6, 6.07) is 10.8. The van der Waals surface area contributed by atoms with Gasteiger partial charge in [0.15, 0.2) is 0 Å². The van der Waals surface area contributed by atoms with E-state index in [1.807, 2.05) is 0 Å². The smallest absolute Gasteiger partial charge is 0.247 e. The molecule has 0 saturated carbocycles. The zero-order chi connectivity index (χ0) is 17.5. The van der Waals surface area contributed by atoms with Crippen LogP contribution in [0.5, 0.6) is 0 Å². The van der Waals surface area contributed by atoms with Crippen molar-refractivity contribution >= 4 is 10.9 Å². The summed E-state index contributed by atoms with van der Waals surface area (Å²) >= 11 is 0. The van der Waals surface area contributed by atoms with Crippen LogP contribution in [0.2, 0.25) is 0 Å². The molecule has 3 aromatic rings. The molecule has 0 aliphatic heterocycles. The fraction of sp³-hybridized carbons (Fsp3) is 0.118. The maximum atomic E-state index is 13.3. The van der Waals surface area contributed by atoms with Gasteiger partial charge in [0.25, 0.3) is 0 Å². The Hall–Kier alpha value is -2.57. The Morgan fingerprint density at radius 3 is 2.08 bits per heavy atom. The average Bonchev–Trinajstić information content (AvgIpc) is 2.52. The lowest BCUT2D eigenvalue weighted by Crippen LogP contribution is -2.10. The summed E-state index contributed by atoms with van der Waals surface area (Å²) in [4.78, 5) is 3.95. The summed E-state index contributed by atoms with van der Waals surface area (Å²) in [5, 5.41) is 0.264. The van der Waals surface area contributed by atoms with E-state index in [1.54, 1.807) is 12.1 Å². The fourth-order valence-corrected chi connectivity index (χ4v) is 2.39. The molecule has 24 heavy (non-hydrogen) atoms. The summed E-state index contributed by atoms with van der Waals surface area (Å²) in [6.07, 6.45) is -9.38. The first-order chi connectivity index (χ1) is 11.2. The lowest BCUT2D eigenvalue weighted by Gasteiger charge is -2.15. The molecule has 3 rings (SSSR count). The number of halogens is 6. The van der Waals surface area contributed by atoms with Gasteiger partial charge < -0.3 is 0 Å². The molecule has 0 aliphatic carbocycles. The lowest BCUT2D eigenvalue weighted by molar-refractivity contribution is -0.137. The second-order valence-corrected chi connectivity index (χ2v) is 5.15. The van der Waals surface area contributed by atoms with E-state index in [0.29, 0.717) is 6.07 Å². The molecule has 0 aliphatic rings. The third-order valence-corrected chi connectivity index (χ3v) is 3.49. The van der Waals surface area contributed by atoms with Gasteiger partial charge in [-0.05, 0) is 24.3 Å². The number of pyridine rings is 1. The molecule has 0 amide bonds. The lowest BCUT2D eigenvalue weighted by atomic mass is 10.0. The zero-order valence-electron chi connectivity index (χ0n) is 11.9. The van der Waals surface area contributed by atoms with Gasteiger partial charge in [-0.1, -0.05) is 30.3 Å². The number of hydrogen-bond acceptors (Lipinski definition) is 1. The molecule has 0 spiro atoms. The van der Waals surface area contributed by atoms with Gasteiger partial charge in [0.2, 0.25) is 0 Å². The number of para-hydroxylation sites is 1. The van der Waals surface area contributed by atoms with Gasteiger partial charge in [-0.25, -0.2) is 4.98 Å². The topological polar surface area (TPSA) is 12.9 Å². The highest BCUT2D eigenvalue weighted by molar-refractivity contribution is 5.83. The van der Waals surface area contributed by atoms with Gasteiger partial charge in [-0.15, -0.1) is 0 Å². The summed E-state index contributed by atoms with van der Waals surface area (Å²) in [7, 11) is 0. The normalized spacial score (nSPS) is 12.6. The SMILES string of the molecule is FC(F)(F)c1cccc(-c2nc3ccccc3cc2C(F)(F)F)c1. The van der Waals surface area contributed by atoms with Crippen molar-refractivity contribution in [3.63, 3.8) is 0 Å². The molecule has 0 fully saturated rings. The minimum Gasteiger partial charge on any atom is -0.247 e. The number of benzene rings is 2. The molecular formula is C17H9F6N. The third-order valence-electron chi connectivity index (χ3n) is 3.49. The van der Waals surface area contributed by atoms with Gasteiger partial charge >= 0.3 is 12.4 Å². The Bertz CT molecular complexity index is 895. The number of aromatic nitrogens is 1. The van der Waals surface area contributed by atoms with E-state index >= 15 is 0 Å². The number of nitrogens with zero attached hydrogens (tertiary/aromatic N) is 1. The van der Waals surface area contributed by atoms with Gasteiger partial charge in [0.05, 0.1) is 22.3 Å². The van der Waals surface area contributed by atoms with E-state index in [0.717, 1.165) is 18.2 Å². The van der Waals surface area contributed by atoms with E-state index in [9.17, 15) is 26.3 Å². The molecule has 0 bridgehead atoms. The van der Waals surface area contributed by atoms with Crippen LogP contribution in [0.1, 0.15) is 11.1 Å². The molecule has 0 unspecified atom stereocenters. The Morgan fingerprint density at radius 2 is 1.42 bits per heavy atom.